The van der Waals surface area contributed by atoms with Crippen molar-refractivity contribution in [1.29, 1.82) is 0 Å². The van der Waals surface area contributed by atoms with Crippen molar-refractivity contribution in [3.63, 3.8) is 0 Å². The summed E-state index contributed by atoms with van der Waals surface area (Å²) in [6.07, 6.45) is 26.2. The fraction of sp³-hybridized carbons (Fsp3) is 0.559. The quantitative estimate of drug-likeness (QED) is 0.101. The predicted octanol–water partition coefficient (Wildman–Crippen LogP) is 17.8. The molecule has 2 N–H and O–H groups in total. The molecule has 4 aromatic carbocycles. The van der Waals surface area contributed by atoms with Gasteiger partial charge in [-0.05, 0) is 324 Å². The SMILES string of the molecule is O=C(NS(=O)(=O)c1c(C2CCCCC2)cc(C2CCCCC2)cc1C1CCCC(C2CCC(c3cc(C4CCCC4)cc(C4CCCC4)c3S(=O)(=O)NC(=O)c3cc(I)cc(I)c3I)C2)C1)c1cc(I)cc(I)c1I. The lowest BCUT2D eigenvalue weighted by Gasteiger charge is -2.36. The summed E-state index contributed by atoms with van der Waals surface area (Å²) in [6.45, 7) is 0. The van der Waals surface area contributed by atoms with Gasteiger partial charge in [-0.15, -0.1) is 0 Å². The summed E-state index contributed by atoms with van der Waals surface area (Å²) in [6, 6.07) is 16.6. The van der Waals surface area contributed by atoms with E-state index in [0.717, 1.165) is 172 Å². The van der Waals surface area contributed by atoms with Crippen molar-refractivity contribution in [2.75, 3.05) is 0 Å². The zero-order valence-electron chi connectivity index (χ0n) is 42.4. The molecule has 0 aromatic heterocycles. The topological polar surface area (TPSA) is 126 Å². The van der Waals surface area contributed by atoms with Gasteiger partial charge in [0.05, 0.1) is 20.9 Å². The van der Waals surface area contributed by atoms with Crippen LogP contribution in [0.3, 0.4) is 0 Å². The maximum Gasteiger partial charge on any atom is 0.266 e. The van der Waals surface area contributed by atoms with Gasteiger partial charge in [0, 0.05) is 21.4 Å². The van der Waals surface area contributed by atoms with Crippen LogP contribution in [-0.2, 0) is 20.0 Å². The summed E-state index contributed by atoms with van der Waals surface area (Å²) in [5.41, 5.74) is 6.97. The first-order valence-corrected chi connectivity index (χ1v) is 37.2. The number of hydrogen-bond donors (Lipinski definition) is 2. The minimum atomic E-state index is -4.31. The Balaban J connectivity index is 1.01. The fourth-order valence-electron chi connectivity index (χ4n) is 14.6. The lowest BCUT2D eigenvalue weighted by atomic mass is 9.70. The van der Waals surface area contributed by atoms with Gasteiger partial charge in [0.15, 0.2) is 0 Å². The predicted molar refractivity (Wildman–Crippen MR) is 350 cm³/mol. The van der Waals surface area contributed by atoms with Gasteiger partial charge in [-0.2, -0.15) is 0 Å². The average molecular weight is 1730 g/mol. The molecule has 0 spiro atoms. The van der Waals surface area contributed by atoms with E-state index in [2.05, 4.69) is 169 Å². The second-order valence-electron chi connectivity index (χ2n) is 23.0. The van der Waals surface area contributed by atoms with Crippen LogP contribution in [0.15, 0.2) is 58.3 Å². The van der Waals surface area contributed by atoms with Crippen molar-refractivity contribution in [3.8, 4) is 0 Å². The van der Waals surface area contributed by atoms with E-state index < -0.39 is 31.9 Å². The molecule has 4 unspecified atom stereocenters. The summed E-state index contributed by atoms with van der Waals surface area (Å²) in [4.78, 5) is 29.2. The Kier molecular flexibility index (Phi) is 19.7. The van der Waals surface area contributed by atoms with Gasteiger partial charge in [-0.3, -0.25) is 9.59 Å². The molecule has 0 aliphatic heterocycles. The third kappa shape index (κ3) is 13.2. The van der Waals surface area contributed by atoms with Crippen LogP contribution >= 0.6 is 136 Å². The van der Waals surface area contributed by atoms with Crippen LogP contribution in [-0.4, -0.2) is 28.6 Å². The summed E-state index contributed by atoms with van der Waals surface area (Å²) in [5, 5.41) is 0. The number of benzene rings is 4. The maximum absolute atomic E-state index is 15.4. The molecule has 16 heteroatoms. The molecule has 6 aliphatic rings. The molecule has 0 saturated heterocycles. The van der Waals surface area contributed by atoms with Crippen molar-refractivity contribution in [1.82, 2.24) is 9.44 Å². The molecule has 0 bridgehead atoms. The standard InChI is InChI=1S/C59H68I6N2O6S2/c60-44-30-50(54(64)52(62)32-44)58(68)66-74(70,71)56-46(36-16-5-2-6-17-36)26-42(34-12-3-1-4-13-34)28-48(56)40-21-11-20-38(24-40)39-22-23-41(25-39)49-29-43(35-14-7-8-15-35)27-47(37-18-9-10-19-37)57(49)75(72,73)67-59(69)51-31-45(61)33-53(63)55(51)65/h26-41H,1-25H2,(H,66,68)(H,67,69). The Morgan fingerprint density at radius 3 is 1.12 bits per heavy atom. The molecule has 6 aliphatic carbocycles. The van der Waals surface area contributed by atoms with Crippen LogP contribution in [0.5, 0.6) is 0 Å². The van der Waals surface area contributed by atoms with Crippen LogP contribution in [0.2, 0.25) is 0 Å². The summed E-state index contributed by atoms with van der Waals surface area (Å²) >= 11 is 13.1. The van der Waals surface area contributed by atoms with Crippen molar-refractivity contribution in [2.45, 2.75) is 206 Å². The second-order valence-corrected chi connectivity index (χ2v) is 33.2. The van der Waals surface area contributed by atoms with Crippen LogP contribution < -0.4 is 9.44 Å². The van der Waals surface area contributed by atoms with Crippen LogP contribution in [0.25, 0.3) is 0 Å². The number of sulfonamides is 2. The number of carbonyl (C=O) groups excluding carboxylic acids is 2. The lowest BCUT2D eigenvalue weighted by Crippen LogP contribution is -2.34. The second kappa shape index (κ2) is 25.3. The van der Waals surface area contributed by atoms with E-state index in [1.54, 1.807) is 12.1 Å². The molecule has 0 radical (unpaired) electrons. The molecule has 8 nitrogen and oxygen atoms in total. The van der Waals surface area contributed by atoms with Crippen molar-refractivity contribution in [2.24, 2.45) is 11.8 Å². The molecule has 4 atom stereocenters. The minimum absolute atomic E-state index is 0.00633. The molecule has 75 heavy (non-hydrogen) atoms. The van der Waals surface area contributed by atoms with Crippen LogP contribution in [0, 0.1) is 33.3 Å². The highest BCUT2D eigenvalue weighted by atomic mass is 127. The molecule has 2 amide bonds. The van der Waals surface area contributed by atoms with Crippen molar-refractivity contribution >= 4 is 167 Å². The van der Waals surface area contributed by atoms with E-state index in [1.807, 2.05) is 12.1 Å². The number of halogens is 6. The third-order valence-electron chi connectivity index (χ3n) is 18.3. The highest BCUT2D eigenvalue weighted by molar-refractivity contribution is 14.1. The van der Waals surface area contributed by atoms with E-state index in [4.69, 9.17) is 0 Å². The van der Waals surface area contributed by atoms with Gasteiger partial charge < -0.3 is 0 Å². The first-order valence-electron chi connectivity index (χ1n) is 27.7. The molecule has 6 fully saturated rings. The largest absolute Gasteiger partial charge is 0.268 e. The maximum atomic E-state index is 15.4. The molecular weight excluding hydrogens is 1660 g/mol. The zero-order valence-corrected chi connectivity index (χ0v) is 57.0. The van der Waals surface area contributed by atoms with Crippen LogP contribution in [0.1, 0.15) is 250 Å². The smallest absolute Gasteiger partial charge is 0.266 e. The van der Waals surface area contributed by atoms with E-state index in [9.17, 15) is 9.59 Å². The Morgan fingerprint density at radius 1 is 0.373 bits per heavy atom. The van der Waals surface area contributed by atoms with Gasteiger partial charge >= 0.3 is 0 Å². The van der Waals surface area contributed by atoms with Gasteiger partial charge in [-0.1, -0.05) is 101 Å². The van der Waals surface area contributed by atoms with E-state index in [0.29, 0.717) is 44.6 Å². The van der Waals surface area contributed by atoms with E-state index in [-0.39, 0.29) is 23.7 Å². The molecule has 10 rings (SSSR count). The lowest BCUT2D eigenvalue weighted by molar-refractivity contribution is 0.0971. The molecular formula is C59H68I6N2O6S2. The normalized spacial score (nSPS) is 23.7. The molecule has 6 saturated carbocycles. The number of amides is 2. The van der Waals surface area contributed by atoms with Gasteiger partial charge in [0.2, 0.25) is 0 Å². The molecule has 0 heterocycles. The highest BCUT2D eigenvalue weighted by Gasteiger charge is 2.42. The first kappa shape index (κ1) is 58.3. The Morgan fingerprint density at radius 2 is 0.707 bits per heavy atom. The van der Waals surface area contributed by atoms with Gasteiger partial charge in [-0.25, -0.2) is 26.3 Å². The Hall–Kier alpha value is 0.100. The Bertz CT molecular complexity index is 3050. The van der Waals surface area contributed by atoms with Gasteiger partial charge in [0.25, 0.3) is 31.9 Å². The Labute approximate surface area is 528 Å². The average Bonchev–Trinajstić information content (AvgIpc) is 4.24. The number of hydrogen-bond acceptors (Lipinski definition) is 6. The minimum Gasteiger partial charge on any atom is -0.268 e. The molecule has 4 aromatic rings. The summed E-state index contributed by atoms with van der Waals surface area (Å²) in [7, 11) is -8.60. The van der Waals surface area contributed by atoms with Crippen molar-refractivity contribution in [3.05, 3.63) is 114 Å². The fourth-order valence-corrected chi connectivity index (χ4v) is 22.5. The van der Waals surface area contributed by atoms with E-state index in [1.165, 1.54) is 43.2 Å². The first-order chi connectivity index (χ1) is 36.0. The van der Waals surface area contributed by atoms with Crippen molar-refractivity contribution < 1.29 is 26.4 Å². The summed E-state index contributed by atoms with van der Waals surface area (Å²) in [5.74, 6) is 0.571. The highest BCUT2D eigenvalue weighted by Crippen LogP contribution is 2.54. The number of carbonyl (C=O) groups is 2. The monoisotopic (exact) mass is 1730 g/mol. The number of nitrogens with one attached hydrogen (secondary N) is 2. The van der Waals surface area contributed by atoms with E-state index >= 15 is 16.8 Å². The zero-order chi connectivity index (χ0) is 52.8. The molecule has 404 valence electrons. The van der Waals surface area contributed by atoms with Gasteiger partial charge in [0.1, 0.15) is 0 Å². The van der Waals surface area contributed by atoms with Crippen LogP contribution in [0.4, 0.5) is 0 Å². The summed E-state index contributed by atoms with van der Waals surface area (Å²) < 4.78 is 71.6. The third-order valence-corrected chi connectivity index (χ3v) is 28.5. The number of rotatable bonds is 13.